The van der Waals surface area contributed by atoms with Gasteiger partial charge in [0.2, 0.25) is 6.23 Å². The molecule has 0 fully saturated rings. The number of anilines is 1. The Morgan fingerprint density at radius 2 is 1.95 bits per heavy atom. The fraction of sp³-hybridized carbons (Fsp3) is 0.267. The van der Waals surface area contributed by atoms with Crippen molar-refractivity contribution in [3.63, 3.8) is 0 Å². The minimum atomic E-state index is -0.791. The van der Waals surface area contributed by atoms with Gasteiger partial charge in [-0.25, -0.2) is 4.79 Å². The van der Waals surface area contributed by atoms with Gasteiger partial charge >= 0.3 is 5.97 Å². The number of carbonyl (C=O) groups is 1. The van der Waals surface area contributed by atoms with Crippen LogP contribution in [0, 0.1) is 0 Å². The molecule has 19 heavy (non-hydrogen) atoms. The second-order valence-electron chi connectivity index (χ2n) is 4.03. The van der Waals surface area contributed by atoms with Crippen molar-refractivity contribution < 1.29 is 14.3 Å². The maximum atomic E-state index is 11.6. The molecular weight excluding hydrogens is 242 g/mol. The van der Waals surface area contributed by atoms with E-state index in [4.69, 9.17) is 9.47 Å². The lowest BCUT2D eigenvalue weighted by atomic mass is 10.1. The number of fused-ring (bicyclic) bond motifs is 1. The molecule has 0 saturated heterocycles. The summed E-state index contributed by atoms with van der Waals surface area (Å²) in [6, 6.07) is 13.8. The zero-order valence-electron chi connectivity index (χ0n) is 11.1. The number of rotatable bonds is 5. The van der Waals surface area contributed by atoms with Gasteiger partial charge in [-0.1, -0.05) is 36.4 Å². The Morgan fingerprint density at radius 1 is 1.21 bits per heavy atom. The second-order valence-corrected chi connectivity index (χ2v) is 4.03. The number of benzene rings is 2. The molecule has 0 radical (unpaired) electrons. The lowest BCUT2D eigenvalue weighted by Gasteiger charge is -2.18. The van der Waals surface area contributed by atoms with Crippen LogP contribution in [-0.2, 0) is 14.3 Å². The summed E-state index contributed by atoms with van der Waals surface area (Å²) in [6.45, 7) is 2.26. The van der Waals surface area contributed by atoms with Crippen LogP contribution >= 0.6 is 0 Å². The molecule has 2 aromatic carbocycles. The summed E-state index contributed by atoms with van der Waals surface area (Å²) in [5.41, 5.74) is 0.849. The molecule has 2 aromatic rings. The molecule has 1 N–H and O–H groups in total. The first-order valence-electron chi connectivity index (χ1n) is 6.20. The second kappa shape index (κ2) is 6.20. The number of methoxy groups -OCH3 is 1. The zero-order chi connectivity index (χ0) is 13.7. The topological polar surface area (TPSA) is 47.6 Å². The summed E-state index contributed by atoms with van der Waals surface area (Å²) in [7, 11) is 1.35. The van der Waals surface area contributed by atoms with Crippen molar-refractivity contribution >= 4 is 22.4 Å². The summed E-state index contributed by atoms with van der Waals surface area (Å²) in [4.78, 5) is 11.6. The molecule has 0 spiro atoms. The standard InChI is InChI=1S/C15H17NO3/c1-3-19-14(15(17)18-2)16-13-10-6-8-11-7-4-5-9-12(11)13/h4-10,14,16H,3H2,1-2H3/t14-/m0/s1. The summed E-state index contributed by atoms with van der Waals surface area (Å²) < 4.78 is 10.1. The predicted molar refractivity (Wildman–Crippen MR) is 75.0 cm³/mol. The molecule has 0 aromatic heterocycles. The maximum absolute atomic E-state index is 11.6. The lowest BCUT2D eigenvalue weighted by molar-refractivity contribution is -0.151. The number of carbonyl (C=O) groups excluding carboxylic acids is 1. The van der Waals surface area contributed by atoms with Crippen molar-refractivity contribution in [2.45, 2.75) is 13.2 Å². The van der Waals surface area contributed by atoms with Crippen molar-refractivity contribution in [2.75, 3.05) is 19.0 Å². The fourth-order valence-electron chi connectivity index (χ4n) is 1.93. The van der Waals surface area contributed by atoms with Crippen LogP contribution in [0.4, 0.5) is 5.69 Å². The molecule has 0 aliphatic rings. The maximum Gasteiger partial charge on any atom is 0.356 e. The SMILES string of the molecule is CCO[C@H](Nc1cccc2ccccc12)C(=O)OC. The van der Waals surface area contributed by atoms with Gasteiger partial charge in [0.25, 0.3) is 0 Å². The van der Waals surface area contributed by atoms with E-state index in [0.717, 1.165) is 16.5 Å². The van der Waals surface area contributed by atoms with Gasteiger partial charge in [-0.15, -0.1) is 0 Å². The third-order valence-corrected chi connectivity index (χ3v) is 2.82. The van der Waals surface area contributed by atoms with Crippen molar-refractivity contribution in [3.8, 4) is 0 Å². The Kier molecular flexibility index (Phi) is 4.36. The van der Waals surface area contributed by atoms with E-state index in [1.54, 1.807) is 0 Å². The molecular formula is C15H17NO3. The van der Waals surface area contributed by atoms with E-state index in [2.05, 4.69) is 5.32 Å². The van der Waals surface area contributed by atoms with E-state index in [1.807, 2.05) is 49.4 Å². The van der Waals surface area contributed by atoms with Crippen LogP contribution in [0.15, 0.2) is 42.5 Å². The summed E-state index contributed by atoms with van der Waals surface area (Å²) in [5, 5.41) is 5.22. The Morgan fingerprint density at radius 3 is 2.68 bits per heavy atom. The quantitative estimate of drug-likeness (QED) is 0.662. The Hall–Kier alpha value is -2.07. The van der Waals surface area contributed by atoms with E-state index in [1.165, 1.54) is 7.11 Å². The summed E-state index contributed by atoms with van der Waals surface area (Å²) in [6.07, 6.45) is -0.791. The van der Waals surface area contributed by atoms with Crippen LogP contribution in [0.5, 0.6) is 0 Å². The van der Waals surface area contributed by atoms with E-state index < -0.39 is 12.2 Å². The summed E-state index contributed by atoms with van der Waals surface area (Å²) >= 11 is 0. The van der Waals surface area contributed by atoms with Crippen LogP contribution in [0.1, 0.15) is 6.92 Å². The third kappa shape index (κ3) is 3.03. The van der Waals surface area contributed by atoms with Gasteiger partial charge in [-0.05, 0) is 18.4 Å². The highest BCUT2D eigenvalue weighted by molar-refractivity contribution is 5.95. The number of nitrogens with one attached hydrogen (secondary N) is 1. The average molecular weight is 259 g/mol. The highest BCUT2D eigenvalue weighted by Gasteiger charge is 2.19. The van der Waals surface area contributed by atoms with Crippen molar-refractivity contribution in [3.05, 3.63) is 42.5 Å². The number of hydrogen-bond donors (Lipinski definition) is 1. The van der Waals surface area contributed by atoms with Crippen molar-refractivity contribution in [1.29, 1.82) is 0 Å². The van der Waals surface area contributed by atoms with Gasteiger partial charge in [-0.2, -0.15) is 0 Å². The Balaban J connectivity index is 2.31. The molecule has 4 heteroatoms. The molecule has 2 rings (SSSR count). The molecule has 0 amide bonds. The molecule has 0 aliphatic heterocycles. The smallest absolute Gasteiger partial charge is 0.356 e. The lowest BCUT2D eigenvalue weighted by Crippen LogP contribution is -2.33. The van der Waals surface area contributed by atoms with E-state index >= 15 is 0 Å². The van der Waals surface area contributed by atoms with E-state index in [0.29, 0.717) is 6.61 Å². The Labute approximate surface area is 112 Å². The molecule has 0 aliphatic carbocycles. The van der Waals surface area contributed by atoms with Gasteiger partial charge < -0.3 is 14.8 Å². The highest BCUT2D eigenvalue weighted by atomic mass is 16.6. The molecule has 0 unspecified atom stereocenters. The number of esters is 1. The monoisotopic (exact) mass is 259 g/mol. The molecule has 0 heterocycles. The van der Waals surface area contributed by atoms with Crippen LogP contribution < -0.4 is 5.32 Å². The molecule has 4 nitrogen and oxygen atoms in total. The van der Waals surface area contributed by atoms with Gasteiger partial charge in [0, 0.05) is 17.7 Å². The molecule has 0 bridgehead atoms. The van der Waals surface area contributed by atoms with Gasteiger partial charge in [0.05, 0.1) is 7.11 Å². The van der Waals surface area contributed by atoms with Crippen molar-refractivity contribution in [1.82, 2.24) is 0 Å². The van der Waals surface area contributed by atoms with Crippen LogP contribution in [-0.4, -0.2) is 25.9 Å². The van der Waals surface area contributed by atoms with Gasteiger partial charge in [0.1, 0.15) is 0 Å². The first kappa shape index (κ1) is 13.4. The first-order chi connectivity index (χ1) is 9.26. The average Bonchev–Trinajstić information content (AvgIpc) is 2.46. The van der Waals surface area contributed by atoms with Crippen LogP contribution in [0.2, 0.25) is 0 Å². The summed E-state index contributed by atoms with van der Waals surface area (Å²) in [5.74, 6) is -0.435. The molecule has 100 valence electrons. The normalized spacial score (nSPS) is 12.1. The first-order valence-corrected chi connectivity index (χ1v) is 6.20. The molecule has 1 atom stereocenters. The zero-order valence-corrected chi connectivity index (χ0v) is 11.1. The minimum absolute atomic E-state index is 0.428. The van der Waals surface area contributed by atoms with Crippen LogP contribution in [0.25, 0.3) is 10.8 Å². The van der Waals surface area contributed by atoms with Gasteiger partial charge in [-0.3, -0.25) is 0 Å². The molecule has 0 saturated carbocycles. The predicted octanol–water partition coefficient (Wildman–Crippen LogP) is 2.79. The third-order valence-electron chi connectivity index (χ3n) is 2.82. The highest BCUT2D eigenvalue weighted by Crippen LogP contribution is 2.23. The number of hydrogen-bond acceptors (Lipinski definition) is 4. The van der Waals surface area contributed by atoms with Crippen LogP contribution in [0.3, 0.4) is 0 Å². The van der Waals surface area contributed by atoms with E-state index in [9.17, 15) is 4.79 Å². The van der Waals surface area contributed by atoms with Gasteiger partial charge in [0.15, 0.2) is 0 Å². The minimum Gasteiger partial charge on any atom is -0.466 e. The Bertz CT molecular complexity index is 563. The largest absolute Gasteiger partial charge is 0.466 e. The number of ether oxygens (including phenoxy) is 2. The van der Waals surface area contributed by atoms with Crippen molar-refractivity contribution in [2.24, 2.45) is 0 Å². The fourth-order valence-corrected chi connectivity index (χ4v) is 1.93. The van der Waals surface area contributed by atoms with E-state index in [-0.39, 0.29) is 0 Å².